The van der Waals surface area contributed by atoms with E-state index in [4.69, 9.17) is 5.26 Å². The highest BCUT2D eigenvalue weighted by Gasteiger charge is 2.58. The Bertz CT molecular complexity index is 623. The minimum Gasteiger partial charge on any atom is -0.342 e. The summed E-state index contributed by atoms with van der Waals surface area (Å²) in [5.41, 5.74) is 0.190. The highest BCUT2D eigenvalue weighted by atomic mass is 16.2. The first kappa shape index (κ1) is 13.6. The summed E-state index contributed by atoms with van der Waals surface area (Å²) >= 11 is 0. The summed E-state index contributed by atoms with van der Waals surface area (Å²) in [5.74, 6) is -0.275. The molecule has 2 amide bonds. The van der Waals surface area contributed by atoms with E-state index in [1.54, 1.807) is 29.2 Å². The molecule has 1 aromatic rings. The first-order chi connectivity index (χ1) is 10.2. The number of nitrogens with one attached hydrogen (secondary N) is 1. The quantitative estimate of drug-likeness (QED) is 0.861. The second kappa shape index (κ2) is 5.21. The van der Waals surface area contributed by atoms with Crippen molar-refractivity contribution < 1.29 is 9.59 Å². The van der Waals surface area contributed by atoms with Gasteiger partial charge in [0.25, 0.3) is 0 Å². The summed E-state index contributed by atoms with van der Waals surface area (Å²) in [6, 6.07) is 8.78. The lowest BCUT2D eigenvalue weighted by molar-refractivity contribution is -0.141. The molecule has 0 spiro atoms. The van der Waals surface area contributed by atoms with Crippen LogP contribution in [0.2, 0.25) is 0 Å². The second-order valence-corrected chi connectivity index (χ2v) is 5.73. The van der Waals surface area contributed by atoms with Gasteiger partial charge in [-0.1, -0.05) is 6.07 Å². The molecule has 2 aliphatic rings. The summed E-state index contributed by atoms with van der Waals surface area (Å²) in [7, 11) is 0. The summed E-state index contributed by atoms with van der Waals surface area (Å²) in [5, 5.41) is 11.7. The molecule has 3 rings (SSSR count). The van der Waals surface area contributed by atoms with Crippen LogP contribution in [0.3, 0.4) is 0 Å². The van der Waals surface area contributed by atoms with Crippen molar-refractivity contribution in [3.05, 3.63) is 29.8 Å². The molecule has 2 fully saturated rings. The van der Waals surface area contributed by atoms with Crippen LogP contribution in [0.4, 0.5) is 5.69 Å². The van der Waals surface area contributed by atoms with E-state index < -0.39 is 5.41 Å². The first-order valence-corrected chi connectivity index (χ1v) is 7.27. The van der Waals surface area contributed by atoms with Crippen LogP contribution in [-0.2, 0) is 9.59 Å². The largest absolute Gasteiger partial charge is 0.342 e. The third-order valence-electron chi connectivity index (χ3n) is 4.24. The molecule has 0 unspecified atom stereocenters. The normalized spacial score (nSPS) is 18.9. The summed E-state index contributed by atoms with van der Waals surface area (Å²) < 4.78 is 0. The lowest BCUT2D eigenvalue weighted by Crippen LogP contribution is -2.41. The Balaban J connectivity index is 1.72. The number of nitrogens with zero attached hydrogens (tertiary/aromatic N) is 2. The van der Waals surface area contributed by atoms with Crippen molar-refractivity contribution in [2.75, 3.05) is 18.4 Å². The molecule has 108 valence electrons. The fraction of sp³-hybridized carbons (Fsp3) is 0.438. The number of rotatable bonds is 3. The maximum atomic E-state index is 12.5. The van der Waals surface area contributed by atoms with Crippen molar-refractivity contribution in [1.29, 1.82) is 5.26 Å². The fourth-order valence-electron chi connectivity index (χ4n) is 2.80. The van der Waals surface area contributed by atoms with Crippen LogP contribution in [0.1, 0.15) is 31.2 Å². The van der Waals surface area contributed by atoms with Gasteiger partial charge in [0.1, 0.15) is 5.41 Å². The molecule has 21 heavy (non-hydrogen) atoms. The lowest BCUT2D eigenvalue weighted by Gasteiger charge is -2.22. The lowest BCUT2D eigenvalue weighted by atomic mass is 10.0. The molecule has 1 saturated carbocycles. The predicted molar refractivity (Wildman–Crippen MR) is 77.3 cm³/mol. The summed E-state index contributed by atoms with van der Waals surface area (Å²) in [4.78, 5) is 26.8. The summed E-state index contributed by atoms with van der Waals surface area (Å²) in [6.07, 6.45) is 3.28. The third kappa shape index (κ3) is 2.49. The smallest absolute Gasteiger partial charge is 0.240 e. The van der Waals surface area contributed by atoms with Crippen molar-refractivity contribution in [3.8, 4) is 6.07 Å². The highest BCUT2D eigenvalue weighted by molar-refractivity contribution is 6.13. The van der Waals surface area contributed by atoms with Gasteiger partial charge >= 0.3 is 0 Å². The first-order valence-electron chi connectivity index (χ1n) is 7.27. The molecule has 1 aliphatic carbocycles. The maximum absolute atomic E-state index is 12.5. The van der Waals surface area contributed by atoms with Gasteiger partial charge in [-0.25, -0.2) is 0 Å². The van der Waals surface area contributed by atoms with Gasteiger partial charge in [-0.3, -0.25) is 9.59 Å². The van der Waals surface area contributed by atoms with Crippen LogP contribution < -0.4 is 5.32 Å². The van der Waals surface area contributed by atoms with E-state index in [1.165, 1.54) is 0 Å². The second-order valence-electron chi connectivity index (χ2n) is 5.73. The van der Waals surface area contributed by atoms with E-state index in [2.05, 4.69) is 5.32 Å². The topological polar surface area (TPSA) is 73.2 Å². The average molecular weight is 283 g/mol. The molecule has 1 aromatic carbocycles. The minimum atomic E-state index is -0.868. The van der Waals surface area contributed by atoms with E-state index in [-0.39, 0.29) is 11.8 Å². The molecule has 0 radical (unpaired) electrons. The van der Waals surface area contributed by atoms with E-state index in [1.807, 2.05) is 6.07 Å². The minimum absolute atomic E-state index is 0.0334. The van der Waals surface area contributed by atoms with Gasteiger partial charge in [0.15, 0.2) is 0 Å². The molecular weight excluding hydrogens is 266 g/mol. The molecule has 0 aromatic heterocycles. The number of carbonyl (C=O) groups is 2. The Morgan fingerprint density at radius 3 is 2.57 bits per heavy atom. The number of amides is 2. The Hall–Kier alpha value is -2.35. The van der Waals surface area contributed by atoms with E-state index >= 15 is 0 Å². The monoisotopic (exact) mass is 283 g/mol. The van der Waals surface area contributed by atoms with Crippen molar-refractivity contribution in [2.24, 2.45) is 5.41 Å². The zero-order chi connectivity index (χ0) is 14.9. The molecule has 1 aliphatic heterocycles. The number of anilines is 1. The van der Waals surface area contributed by atoms with Crippen LogP contribution in [0, 0.1) is 16.7 Å². The zero-order valence-corrected chi connectivity index (χ0v) is 11.8. The number of likely N-dealkylation sites (tertiary alicyclic amines) is 1. The molecule has 1 heterocycles. The number of nitriles is 1. The van der Waals surface area contributed by atoms with Crippen LogP contribution in [0.25, 0.3) is 0 Å². The highest BCUT2D eigenvalue weighted by Crippen LogP contribution is 2.48. The fourth-order valence-corrected chi connectivity index (χ4v) is 2.80. The van der Waals surface area contributed by atoms with Gasteiger partial charge in [-0.15, -0.1) is 0 Å². The Kier molecular flexibility index (Phi) is 3.38. The molecular formula is C16H17N3O2. The van der Waals surface area contributed by atoms with Gasteiger partial charge in [-0.05, 0) is 43.9 Å². The van der Waals surface area contributed by atoms with Crippen molar-refractivity contribution in [3.63, 3.8) is 0 Å². The summed E-state index contributed by atoms with van der Waals surface area (Å²) in [6.45, 7) is 1.52. The number of carbonyl (C=O) groups excluding carboxylic acids is 2. The molecule has 1 N–H and O–H groups in total. The van der Waals surface area contributed by atoms with Crippen LogP contribution in [0.15, 0.2) is 24.3 Å². The van der Waals surface area contributed by atoms with E-state index in [0.717, 1.165) is 25.9 Å². The molecule has 1 saturated heterocycles. The SMILES string of the molecule is N#Cc1cccc(NC(=O)C2(C(=O)N3CCCC3)CC2)c1. The molecule has 5 nitrogen and oxygen atoms in total. The van der Waals surface area contributed by atoms with Crippen LogP contribution in [-0.4, -0.2) is 29.8 Å². The van der Waals surface area contributed by atoms with Gasteiger partial charge in [-0.2, -0.15) is 5.26 Å². The Morgan fingerprint density at radius 2 is 1.95 bits per heavy atom. The van der Waals surface area contributed by atoms with Crippen molar-refractivity contribution >= 4 is 17.5 Å². The number of hydrogen-bond acceptors (Lipinski definition) is 3. The van der Waals surface area contributed by atoms with Crippen molar-refractivity contribution in [2.45, 2.75) is 25.7 Å². The molecule has 5 heteroatoms. The van der Waals surface area contributed by atoms with Crippen molar-refractivity contribution in [1.82, 2.24) is 4.90 Å². The Morgan fingerprint density at radius 1 is 1.24 bits per heavy atom. The molecule has 0 atom stereocenters. The van der Waals surface area contributed by atoms with Gasteiger partial charge < -0.3 is 10.2 Å². The maximum Gasteiger partial charge on any atom is 0.240 e. The van der Waals surface area contributed by atoms with Crippen LogP contribution >= 0.6 is 0 Å². The van der Waals surface area contributed by atoms with Gasteiger partial charge in [0, 0.05) is 18.8 Å². The molecule has 0 bridgehead atoms. The average Bonchev–Trinajstić information content (AvgIpc) is 3.14. The zero-order valence-electron chi connectivity index (χ0n) is 11.8. The van der Waals surface area contributed by atoms with Gasteiger partial charge in [0.05, 0.1) is 11.6 Å². The number of benzene rings is 1. The number of hydrogen-bond donors (Lipinski definition) is 1. The third-order valence-corrected chi connectivity index (χ3v) is 4.24. The van der Waals surface area contributed by atoms with E-state index in [9.17, 15) is 9.59 Å². The standard InChI is InChI=1S/C16H17N3O2/c17-11-12-4-3-5-13(10-12)18-14(20)16(6-7-16)15(21)19-8-1-2-9-19/h3-5,10H,1-2,6-9H2,(H,18,20). The van der Waals surface area contributed by atoms with Gasteiger partial charge in [0.2, 0.25) is 11.8 Å². The van der Waals surface area contributed by atoms with E-state index in [0.29, 0.717) is 24.1 Å². The predicted octanol–water partition coefficient (Wildman–Crippen LogP) is 1.90. The van der Waals surface area contributed by atoms with Crippen LogP contribution in [0.5, 0.6) is 0 Å². The Labute approximate surface area is 123 Å².